The molecule has 2 aromatic heterocycles. The Bertz CT molecular complexity index is 1830. The number of anilines is 4. The van der Waals surface area contributed by atoms with Crippen molar-refractivity contribution in [3.8, 4) is 11.5 Å². The second-order valence-corrected chi connectivity index (χ2v) is 11.0. The fourth-order valence-corrected chi connectivity index (χ4v) is 6.08. The van der Waals surface area contributed by atoms with E-state index < -0.39 is 17.8 Å². The summed E-state index contributed by atoms with van der Waals surface area (Å²) in [6.07, 6.45) is 1.36. The highest BCUT2D eigenvalue weighted by atomic mass is 32.1. The minimum atomic E-state index is -0.486. The van der Waals surface area contributed by atoms with Crippen molar-refractivity contribution in [2.75, 3.05) is 41.8 Å². The van der Waals surface area contributed by atoms with Gasteiger partial charge in [0.15, 0.2) is 5.82 Å². The first-order valence-electron chi connectivity index (χ1n) is 13.6. The van der Waals surface area contributed by atoms with Crippen molar-refractivity contribution < 1.29 is 23.5 Å². The summed E-state index contributed by atoms with van der Waals surface area (Å²) in [6.45, 7) is 3.22. The number of carbonyl (C=O) groups is 2. The fraction of sp³-hybridized carbons (Fsp3) is 0.161. The van der Waals surface area contributed by atoms with Gasteiger partial charge in [-0.15, -0.1) is 11.3 Å². The Morgan fingerprint density at radius 2 is 1.79 bits per heavy atom. The highest BCUT2D eigenvalue weighted by molar-refractivity contribution is 7.21. The Morgan fingerprint density at radius 3 is 2.56 bits per heavy atom. The van der Waals surface area contributed by atoms with Gasteiger partial charge < -0.3 is 20.1 Å². The first-order valence-corrected chi connectivity index (χ1v) is 14.5. The molecule has 2 N–H and O–H groups in total. The van der Waals surface area contributed by atoms with Crippen molar-refractivity contribution in [2.45, 2.75) is 6.54 Å². The Kier molecular flexibility index (Phi) is 7.15. The third-order valence-electron chi connectivity index (χ3n) is 7.20. The number of ether oxygens (including phenoxy) is 2. The molecule has 0 bridgehead atoms. The van der Waals surface area contributed by atoms with E-state index in [1.165, 1.54) is 17.3 Å². The Labute approximate surface area is 249 Å². The average Bonchev–Trinajstić information content (AvgIpc) is 3.40. The molecule has 0 saturated carbocycles. The van der Waals surface area contributed by atoms with E-state index in [1.807, 2.05) is 30.3 Å². The lowest BCUT2D eigenvalue weighted by molar-refractivity contribution is 0.0337. The SMILES string of the molecule is O=C(Nc1ccc(CN2CCOCC2)c(F)c1)c1sc2ncnc3c2c1NC(=O)N3c1ccc(Oc2ccccc2)cc1. The lowest BCUT2D eigenvalue weighted by Crippen LogP contribution is -2.35. The summed E-state index contributed by atoms with van der Waals surface area (Å²) in [5.74, 6) is 0.777. The molecule has 2 aliphatic heterocycles. The molecule has 216 valence electrons. The zero-order chi connectivity index (χ0) is 29.3. The second-order valence-electron chi connectivity index (χ2n) is 10.0. The number of carbonyl (C=O) groups excluding carboxylic acids is 2. The molecule has 43 heavy (non-hydrogen) atoms. The normalized spacial score (nSPS) is 14.9. The number of amides is 3. The van der Waals surface area contributed by atoms with Crippen molar-refractivity contribution in [3.05, 3.63) is 95.4 Å². The molecule has 0 atom stereocenters. The van der Waals surface area contributed by atoms with Gasteiger partial charge in [0.1, 0.15) is 33.4 Å². The molecule has 0 aliphatic carbocycles. The van der Waals surface area contributed by atoms with Crippen LogP contribution in [0.1, 0.15) is 15.2 Å². The van der Waals surface area contributed by atoms with Gasteiger partial charge >= 0.3 is 6.03 Å². The maximum Gasteiger partial charge on any atom is 0.332 e. The summed E-state index contributed by atoms with van der Waals surface area (Å²) in [5.41, 5.74) is 1.74. The number of halogens is 1. The maximum absolute atomic E-state index is 14.9. The molecule has 1 fully saturated rings. The number of nitrogens with zero attached hydrogens (tertiary/aromatic N) is 4. The van der Waals surface area contributed by atoms with E-state index in [1.54, 1.807) is 36.4 Å². The molecule has 10 nitrogen and oxygen atoms in total. The minimum Gasteiger partial charge on any atom is -0.457 e. The smallest absolute Gasteiger partial charge is 0.332 e. The second kappa shape index (κ2) is 11.4. The summed E-state index contributed by atoms with van der Waals surface area (Å²) >= 11 is 1.13. The van der Waals surface area contributed by atoms with Gasteiger partial charge in [-0.1, -0.05) is 24.3 Å². The molecule has 7 rings (SSSR count). The number of hydrogen-bond donors (Lipinski definition) is 2. The molecular formula is C31H25FN6O4S. The van der Waals surface area contributed by atoms with Crippen molar-refractivity contribution in [3.63, 3.8) is 0 Å². The van der Waals surface area contributed by atoms with Crippen molar-refractivity contribution in [1.82, 2.24) is 14.9 Å². The highest BCUT2D eigenvalue weighted by Crippen LogP contribution is 2.45. The number of thiophene rings is 1. The van der Waals surface area contributed by atoms with E-state index in [9.17, 15) is 14.0 Å². The molecule has 12 heteroatoms. The van der Waals surface area contributed by atoms with Crippen LogP contribution in [0, 0.1) is 5.82 Å². The van der Waals surface area contributed by atoms with Crippen LogP contribution in [-0.4, -0.2) is 53.1 Å². The third kappa shape index (κ3) is 5.39. The number of aromatic nitrogens is 2. The molecule has 5 aromatic rings. The van der Waals surface area contributed by atoms with Crippen LogP contribution in [0.15, 0.2) is 79.1 Å². The van der Waals surface area contributed by atoms with Crippen LogP contribution >= 0.6 is 11.3 Å². The predicted molar refractivity (Wildman–Crippen MR) is 162 cm³/mol. The lowest BCUT2D eigenvalue weighted by atomic mass is 10.1. The lowest BCUT2D eigenvalue weighted by Gasteiger charge is -2.27. The van der Waals surface area contributed by atoms with E-state index in [0.29, 0.717) is 69.9 Å². The van der Waals surface area contributed by atoms with Gasteiger partial charge in [-0.05, 0) is 48.5 Å². The van der Waals surface area contributed by atoms with E-state index in [2.05, 4.69) is 25.5 Å². The summed E-state index contributed by atoms with van der Waals surface area (Å²) in [7, 11) is 0. The van der Waals surface area contributed by atoms with Crippen LogP contribution in [0.3, 0.4) is 0 Å². The molecule has 0 unspecified atom stereocenters. The topological polar surface area (TPSA) is 109 Å². The molecule has 0 radical (unpaired) electrons. The largest absolute Gasteiger partial charge is 0.457 e. The fourth-order valence-electron chi connectivity index (χ4n) is 5.09. The summed E-state index contributed by atoms with van der Waals surface area (Å²) < 4.78 is 26.2. The Hall–Kier alpha value is -4.91. The van der Waals surface area contributed by atoms with Crippen molar-refractivity contribution >= 4 is 56.4 Å². The quantitative estimate of drug-likeness (QED) is 0.224. The zero-order valence-electron chi connectivity index (χ0n) is 22.7. The third-order valence-corrected chi connectivity index (χ3v) is 8.30. The van der Waals surface area contributed by atoms with Crippen LogP contribution in [-0.2, 0) is 11.3 Å². The van der Waals surface area contributed by atoms with Gasteiger partial charge in [-0.25, -0.2) is 24.1 Å². The number of hydrogen-bond acceptors (Lipinski definition) is 8. The number of nitrogens with one attached hydrogen (secondary N) is 2. The summed E-state index contributed by atoms with van der Waals surface area (Å²) in [6, 6.07) is 20.6. The molecular weight excluding hydrogens is 571 g/mol. The standard InChI is InChI=1S/C31H25FN6O4S/c32-24-16-20(7-6-19(24)17-37-12-14-41-15-13-37)35-29(39)27-26-25-28(33-18-34-30(25)43-27)38(31(40)36-26)21-8-10-23(11-9-21)42-22-4-2-1-3-5-22/h1-11,16,18H,12-15,17H2,(H,35,39)(H,36,40). The number of rotatable bonds is 7. The first-order chi connectivity index (χ1) is 21.0. The monoisotopic (exact) mass is 596 g/mol. The number of urea groups is 1. The van der Waals surface area contributed by atoms with E-state index in [-0.39, 0.29) is 4.88 Å². The molecule has 3 amide bonds. The maximum atomic E-state index is 14.9. The van der Waals surface area contributed by atoms with Crippen LogP contribution in [0.25, 0.3) is 10.2 Å². The summed E-state index contributed by atoms with van der Waals surface area (Å²) in [5, 5.41) is 6.16. The van der Waals surface area contributed by atoms with Gasteiger partial charge in [0.25, 0.3) is 5.91 Å². The van der Waals surface area contributed by atoms with Gasteiger partial charge in [-0.2, -0.15) is 0 Å². The number of benzene rings is 3. The van der Waals surface area contributed by atoms with Crippen molar-refractivity contribution in [2.24, 2.45) is 0 Å². The van der Waals surface area contributed by atoms with Gasteiger partial charge in [-0.3, -0.25) is 9.69 Å². The molecule has 3 aromatic carbocycles. The van der Waals surface area contributed by atoms with Crippen LogP contribution < -0.4 is 20.3 Å². The van der Waals surface area contributed by atoms with Crippen molar-refractivity contribution in [1.29, 1.82) is 0 Å². The first kappa shape index (κ1) is 27.0. The molecule has 1 saturated heterocycles. The predicted octanol–water partition coefficient (Wildman–Crippen LogP) is 6.39. The Morgan fingerprint density at radius 1 is 1.02 bits per heavy atom. The Balaban J connectivity index is 1.13. The van der Waals surface area contributed by atoms with Crippen LogP contribution in [0.5, 0.6) is 11.5 Å². The zero-order valence-corrected chi connectivity index (χ0v) is 23.6. The van der Waals surface area contributed by atoms with Crippen LogP contribution in [0.4, 0.5) is 32.1 Å². The number of para-hydroxylation sites is 1. The van der Waals surface area contributed by atoms with E-state index in [4.69, 9.17) is 9.47 Å². The minimum absolute atomic E-state index is 0.245. The van der Waals surface area contributed by atoms with Gasteiger partial charge in [0.05, 0.1) is 30.0 Å². The average molecular weight is 597 g/mol. The molecule has 4 heterocycles. The molecule has 0 spiro atoms. The molecule has 2 aliphatic rings. The van der Waals surface area contributed by atoms with Crippen LogP contribution in [0.2, 0.25) is 0 Å². The summed E-state index contributed by atoms with van der Waals surface area (Å²) in [4.78, 5) is 39.8. The van der Waals surface area contributed by atoms with Gasteiger partial charge in [0.2, 0.25) is 0 Å². The van der Waals surface area contributed by atoms with Gasteiger partial charge in [0, 0.05) is 30.9 Å². The number of morpholine rings is 1. The van der Waals surface area contributed by atoms with E-state index >= 15 is 0 Å². The highest BCUT2D eigenvalue weighted by Gasteiger charge is 2.34. The van der Waals surface area contributed by atoms with E-state index in [0.717, 1.165) is 24.4 Å².